The van der Waals surface area contributed by atoms with E-state index in [1.165, 1.54) is 6.08 Å². The van der Waals surface area contributed by atoms with E-state index in [4.69, 9.17) is 30.5 Å². The van der Waals surface area contributed by atoms with Gasteiger partial charge in [0.2, 0.25) is 0 Å². The van der Waals surface area contributed by atoms with Crippen molar-refractivity contribution in [3.05, 3.63) is 59.1 Å². The van der Waals surface area contributed by atoms with E-state index in [1.54, 1.807) is 38.5 Å². The molecule has 0 N–H and O–H groups in total. The third-order valence-corrected chi connectivity index (χ3v) is 3.57. The summed E-state index contributed by atoms with van der Waals surface area (Å²) in [7, 11) is 3.10. The van der Waals surface area contributed by atoms with E-state index in [-0.39, 0.29) is 13.2 Å². The summed E-state index contributed by atoms with van der Waals surface area (Å²) < 4.78 is 21.0. The number of ether oxygens (including phenoxy) is 4. The van der Waals surface area contributed by atoms with E-state index in [0.717, 1.165) is 0 Å². The average Bonchev–Trinajstić information content (AvgIpc) is 2.64. The van der Waals surface area contributed by atoms with Crippen LogP contribution >= 0.6 is 11.6 Å². The first-order chi connectivity index (χ1) is 12.2. The van der Waals surface area contributed by atoms with Crippen LogP contribution in [0, 0.1) is 0 Å². The standard InChI is InChI=1S/C19H19ClO5/c1-22-17-9-5-6-14(19(17)23-2)10-11-18(21)25-13-12-24-16-8-4-3-7-15(16)20/h3-11H,12-13H2,1-2H3/b11-10+. The Morgan fingerprint density at radius 2 is 1.76 bits per heavy atom. The zero-order valence-electron chi connectivity index (χ0n) is 14.0. The molecule has 0 saturated heterocycles. The summed E-state index contributed by atoms with van der Waals surface area (Å²) in [6.45, 7) is 0.329. The van der Waals surface area contributed by atoms with Crippen LogP contribution in [0.15, 0.2) is 48.5 Å². The van der Waals surface area contributed by atoms with Crippen LogP contribution in [-0.4, -0.2) is 33.4 Å². The highest BCUT2D eigenvalue weighted by molar-refractivity contribution is 6.32. The number of halogens is 1. The Balaban J connectivity index is 1.84. The number of hydrogen-bond acceptors (Lipinski definition) is 5. The molecule has 0 bridgehead atoms. The van der Waals surface area contributed by atoms with Crippen LogP contribution in [-0.2, 0) is 9.53 Å². The Labute approximate surface area is 151 Å². The van der Waals surface area contributed by atoms with E-state index in [0.29, 0.717) is 27.8 Å². The zero-order chi connectivity index (χ0) is 18.1. The summed E-state index contributed by atoms with van der Waals surface area (Å²) >= 11 is 5.97. The molecule has 0 aliphatic heterocycles. The average molecular weight is 363 g/mol. The quantitative estimate of drug-likeness (QED) is 0.403. The highest BCUT2D eigenvalue weighted by Gasteiger charge is 2.07. The predicted octanol–water partition coefficient (Wildman–Crippen LogP) is 3.99. The van der Waals surface area contributed by atoms with Crippen LogP contribution in [0.4, 0.5) is 0 Å². The fraction of sp³-hybridized carbons (Fsp3) is 0.211. The lowest BCUT2D eigenvalue weighted by atomic mass is 10.1. The third-order valence-electron chi connectivity index (χ3n) is 3.25. The molecule has 2 aromatic carbocycles. The van der Waals surface area contributed by atoms with E-state index in [2.05, 4.69) is 0 Å². The van der Waals surface area contributed by atoms with Gasteiger partial charge in [-0.2, -0.15) is 0 Å². The molecule has 25 heavy (non-hydrogen) atoms. The summed E-state index contributed by atoms with van der Waals surface area (Å²) in [5.74, 6) is 1.21. The van der Waals surface area contributed by atoms with Crippen molar-refractivity contribution in [1.29, 1.82) is 0 Å². The van der Waals surface area contributed by atoms with Crippen LogP contribution in [0.3, 0.4) is 0 Å². The molecule has 0 atom stereocenters. The molecule has 132 valence electrons. The van der Waals surface area contributed by atoms with Crippen molar-refractivity contribution >= 4 is 23.6 Å². The molecule has 0 radical (unpaired) electrons. The fourth-order valence-electron chi connectivity index (χ4n) is 2.10. The van der Waals surface area contributed by atoms with Gasteiger partial charge in [0.15, 0.2) is 11.5 Å². The number of rotatable bonds is 8. The second kappa shape index (κ2) is 9.59. The van der Waals surface area contributed by atoms with Crippen molar-refractivity contribution in [2.75, 3.05) is 27.4 Å². The van der Waals surface area contributed by atoms with Gasteiger partial charge in [0, 0.05) is 11.6 Å². The monoisotopic (exact) mass is 362 g/mol. The van der Waals surface area contributed by atoms with Crippen LogP contribution in [0.5, 0.6) is 17.2 Å². The van der Waals surface area contributed by atoms with E-state index >= 15 is 0 Å². The topological polar surface area (TPSA) is 54.0 Å². The minimum absolute atomic E-state index is 0.115. The summed E-state index contributed by atoms with van der Waals surface area (Å²) in [4.78, 5) is 11.8. The normalized spacial score (nSPS) is 10.5. The van der Waals surface area contributed by atoms with Gasteiger partial charge in [0.1, 0.15) is 19.0 Å². The van der Waals surface area contributed by atoms with E-state index < -0.39 is 5.97 Å². The fourth-order valence-corrected chi connectivity index (χ4v) is 2.30. The minimum atomic E-state index is -0.479. The molecular formula is C19H19ClO5. The van der Waals surface area contributed by atoms with Crippen molar-refractivity contribution in [2.45, 2.75) is 0 Å². The molecule has 2 aromatic rings. The maximum Gasteiger partial charge on any atom is 0.330 e. The summed E-state index contributed by atoms with van der Waals surface area (Å²) in [5.41, 5.74) is 0.714. The van der Waals surface area contributed by atoms with Gasteiger partial charge in [-0.05, 0) is 24.3 Å². The first-order valence-electron chi connectivity index (χ1n) is 7.59. The van der Waals surface area contributed by atoms with E-state index in [1.807, 2.05) is 24.3 Å². The Morgan fingerprint density at radius 3 is 2.48 bits per heavy atom. The minimum Gasteiger partial charge on any atom is -0.493 e. The largest absolute Gasteiger partial charge is 0.493 e. The molecule has 0 aromatic heterocycles. The molecule has 0 amide bonds. The second-order valence-electron chi connectivity index (χ2n) is 4.86. The first kappa shape index (κ1) is 18.7. The molecular weight excluding hydrogens is 344 g/mol. The molecule has 0 heterocycles. The van der Waals surface area contributed by atoms with Gasteiger partial charge >= 0.3 is 5.97 Å². The Kier molecular flexibility index (Phi) is 7.16. The number of esters is 1. The van der Waals surface area contributed by atoms with Gasteiger partial charge in [0.25, 0.3) is 0 Å². The van der Waals surface area contributed by atoms with Crippen molar-refractivity contribution in [3.63, 3.8) is 0 Å². The Morgan fingerprint density at radius 1 is 1.00 bits per heavy atom. The van der Waals surface area contributed by atoms with Gasteiger partial charge in [0.05, 0.1) is 19.2 Å². The van der Waals surface area contributed by atoms with Crippen molar-refractivity contribution < 1.29 is 23.7 Å². The Bertz CT molecular complexity index is 742. The number of hydrogen-bond donors (Lipinski definition) is 0. The van der Waals surface area contributed by atoms with Crippen molar-refractivity contribution in [2.24, 2.45) is 0 Å². The molecule has 0 spiro atoms. The predicted molar refractivity (Wildman–Crippen MR) is 96.5 cm³/mol. The molecule has 5 nitrogen and oxygen atoms in total. The zero-order valence-corrected chi connectivity index (χ0v) is 14.8. The van der Waals surface area contributed by atoms with Gasteiger partial charge in [-0.15, -0.1) is 0 Å². The lowest BCUT2D eigenvalue weighted by Gasteiger charge is -2.10. The van der Waals surface area contributed by atoms with Crippen LogP contribution in [0.25, 0.3) is 6.08 Å². The van der Waals surface area contributed by atoms with E-state index in [9.17, 15) is 4.79 Å². The number of methoxy groups -OCH3 is 2. The van der Waals surface area contributed by atoms with Gasteiger partial charge < -0.3 is 18.9 Å². The number of benzene rings is 2. The van der Waals surface area contributed by atoms with Crippen LogP contribution < -0.4 is 14.2 Å². The third kappa shape index (κ3) is 5.43. The number of para-hydroxylation sites is 2. The molecule has 2 rings (SSSR count). The maximum absolute atomic E-state index is 11.8. The highest BCUT2D eigenvalue weighted by atomic mass is 35.5. The maximum atomic E-state index is 11.8. The smallest absolute Gasteiger partial charge is 0.330 e. The lowest BCUT2D eigenvalue weighted by Crippen LogP contribution is -2.10. The molecule has 0 aliphatic rings. The summed E-state index contributed by atoms with van der Waals surface area (Å²) in [6.07, 6.45) is 2.94. The van der Waals surface area contributed by atoms with Gasteiger partial charge in [-0.25, -0.2) is 4.79 Å². The molecule has 0 saturated carbocycles. The second-order valence-corrected chi connectivity index (χ2v) is 5.27. The molecule has 0 unspecified atom stereocenters. The first-order valence-corrected chi connectivity index (χ1v) is 7.96. The summed E-state index contributed by atoms with van der Waals surface area (Å²) in [6, 6.07) is 12.5. The Hall–Kier alpha value is -2.66. The molecule has 0 aliphatic carbocycles. The van der Waals surface area contributed by atoms with Crippen LogP contribution in [0.1, 0.15) is 5.56 Å². The summed E-state index contributed by atoms with van der Waals surface area (Å²) in [5, 5.41) is 0.513. The lowest BCUT2D eigenvalue weighted by molar-refractivity contribution is -0.138. The van der Waals surface area contributed by atoms with Gasteiger partial charge in [-0.1, -0.05) is 35.9 Å². The molecule has 0 fully saturated rings. The molecule has 6 heteroatoms. The van der Waals surface area contributed by atoms with Crippen molar-refractivity contribution in [1.82, 2.24) is 0 Å². The SMILES string of the molecule is COc1cccc(/C=C/C(=O)OCCOc2ccccc2Cl)c1OC. The number of carbonyl (C=O) groups is 1. The highest BCUT2D eigenvalue weighted by Crippen LogP contribution is 2.31. The van der Waals surface area contributed by atoms with Gasteiger partial charge in [-0.3, -0.25) is 0 Å². The van der Waals surface area contributed by atoms with Crippen molar-refractivity contribution in [3.8, 4) is 17.2 Å². The van der Waals surface area contributed by atoms with Crippen LogP contribution in [0.2, 0.25) is 5.02 Å². The number of carbonyl (C=O) groups excluding carboxylic acids is 1.